The highest BCUT2D eigenvalue weighted by Crippen LogP contribution is 2.47. The summed E-state index contributed by atoms with van der Waals surface area (Å²) in [6.45, 7) is 5.02. The molecular weight excluding hydrogens is 350 g/mol. The Labute approximate surface area is 166 Å². The van der Waals surface area contributed by atoms with Crippen molar-refractivity contribution in [1.82, 2.24) is 14.8 Å². The Morgan fingerprint density at radius 3 is 2.68 bits per heavy atom. The smallest absolute Gasteiger partial charge is 0.255 e. The van der Waals surface area contributed by atoms with Gasteiger partial charge in [-0.2, -0.15) is 0 Å². The average molecular weight is 377 g/mol. The molecule has 1 aromatic carbocycles. The molecular formula is C23H27N3O2. The van der Waals surface area contributed by atoms with Crippen LogP contribution in [-0.4, -0.2) is 59.5 Å². The quantitative estimate of drug-likeness (QED) is 0.825. The van der Waals surface area contributed by atoms with Crippen LogP contribution in [0.5, 0.6) is 5.75 Å². The highest BCUT2D eigenvalue weighted by Gasteiger charge is 2.54. The van der Waals surface area contributed by atoms with Crippen LogP contribution in [0.15, 0.2) is 42.6 Å². The highest BCUT2D eigenvalue weighted by atomic mass is 16.5. The van der Waals surface area contributed by atoms with E-state index in [0.29, 0.717) is 29.5 Å². The number of rotatable bonds is 3. The van der Waals surface area contributed by atoms with Gasteiger partial charge in [0, 0.05) is 30.4 Å². The van der Waals surface area contributed by atoms with Crippen LogP contribution >= 0.6 is 0 Å². The summed E-state index contributed by atoms with van der Waals surface area (Å²) in [6.07, 6.45) is 4.12. The summed E-state index contributed by atoms with van der Waals surface area (Å²) in [6, 6.07) is 12.9. The Balaban J connectivity index is 1.51. The number of hydrogen-bond acceptors (Lipinski definition) is 4. The highest BCUT2D eigenvalue weighted by molar-refractivity contribution is 5.94. The first-order chi connectivity index (χ1) is 13.7. The average Bonchev–Trinajstić information content (AvgIpc) is 3.18. The van der Waals surface area contributed by atoms with Crippen molar-refractivity contribution in [3.05, 3.63) is 59.4 Å². The van der Waals surface area contributed by atoms with Gasteiger partial charge in [-0.3, -0.25) is 14.7 Å². The SMILES string of the molecule is COc1cccc([C@H]2CN(C(=O)c3ccc(C)nc3)[C@@H]3C4CCN(CC4)[C@H]23)c1. The summed E-state index contributed by atoms with van der Waals surface area (Å²) in [7, 11) is 1.71. The number of aryl methyl sites for hydroxylation is 1. The lowest BCUT2D eigenvalue weighted by molar-refractivity contribution is -0.00342. The minimum absolute atomic E-state index is 0.127. The topological polar surface area (TPSA) is 45.7 Å². The lowest BCUT2D eigenvalue weighted by atomic mass is 9.75. The molecule has 0 unspecified atom stereocenters. The summed E-state index contributed by atoms with van der Waals surface area (Å²) in [5, 5.41) is 0. The van der Waals surface area contributed by atoms with E-state index in [0.717, 1.165) is 31.1 Å². The maximum Gasteiger partial charge on any atom is 0.255 e. The zero-order chi connectivity index (χ0) is 19.3. The molecule has 5 heteroatoms. The third kappa shape index (κ3) is 2.80. The second kappa shape index (κ2) is 6.89. The van der Waals surface area contributed by atoms with Gasteiger partial charge in [0.25, 0.3) is 5.91 Å². The van der Waals surface area contributed by atoms with Crippen LogP contribution in [-0.2, 0) is 0 Å². The molecule has 5 nitrogen and oxygen atoms in total. The summed E-state index contributed by atoms with van der Waals surface area (Å²) in [4.78, 5) is 22.6. The monoisotopic (exact) mass is 377 g/mol. The molecule has 3 atom stereocenters. The molecule has 2 bridgehead atoms. The number of benzene rings is 1. The first-order valence-corrected chi connectivity index (χ1v) is 10.3. The van der Waals surface area contributed by atoms with Crippen molar-refractivity contribution in [2.45, 2.75) is 37.8 Å². The van der Waals surface area contributed by atoms with E-state index in [1.165, 1.54) is 18.4 Å². The lowest BCUT2D eigenvalue weighted by Gasteiger charge is -2.51. The van der Waals surface area contributed by atoms with Crippen LogP contribution in [0.4, 0.5) is 0 Å². The van der Waals surface area contributed by atoms with Gasteiger partial charge < -0.3 is 9.64 Å². The van der Waals surface area contributed by atoms with Gasteiger partial charge in [0.15, 0.2) is 0 Å². The number of ether oxygens (including phenoxy) is 1. The van der Waals surface area contributed by atoms with E-state index in [2.05, 4.69) is 33.0 Å². The number of likely N-dealkylation sites (tertiary alicyclic amines) is 1. The predicted octanol–water partition coefficient (Wildman–Crippen LogP) is 3.10. The van der Waals surface area contributed by atoms with Crippen molar-refractivity contribution in [3.63, 3.8) is 0 Å². The first-order valence-electron chi connectivity index (χ1n) is 10.3. The van der Waals surface area contributed by atoms with Crippen molar-refractivity contribution in [1.29, 1.82) is 0 Å². The number of fused-ring (bicyclic) bond motifs is 2. The summed E-state index contributed by atoms with van der Waals surface area (Å²) >= 11 is 0. The molecule has 146 valence electrons. The molecule has 1 aromatic heterocycles. The number of pyridine rings is 1. The maximum absolute atomic E-state index is 13.4. The Morgan fingerprint density at radius 2 is 1.96 bits per heavy atom. The molecule has 4 aliphatic heterocycles. The van der Waals surface area contributed by atoms with E-state index >= 15 is 0 Å². The molecule has 0 spiro atoms. The molecule has 0 saturated carbocycles. The Bertz CT molecular complexity index is 874. The van der Waals surface area contributed by atoms with Crippen molar-refractivity contribution >= 4 is 5.91 Å². The molecule has 28 heavy (non-hydrogen) atoms. The molecule has 0 radical (unpaired) electrons. The van der Waals surface area contributed by atoms with Gasteiger partial charge in [0.2, 0.25) is 0 Å². The van der Waals surface area contributed by atoms with Gasteiger partial charge in [-0.15, -0.1) is 0 Å². The van der Waals surface area contributed by atoms with Crippen LogP contribution in [0.3, 0.4) is 0 Å². The fraction of sp³-hybridized carbons (Fsp3) is 0.478. The summed E-state index contributed by atoms with van der Waals surface area (Å²) in [5.41, 5.74) is 2.92. The van der Waals surface area contributed by atoms with Crippen LogP contribution in [0, 0.1) is 12.8 Å². The summed E-state index contributed by atoms with van der Waals surface area (Å²) in [5.74, 6) is 1.94. The van der Waals surface area contributed by atoms with Crippen LogP contribution in [0.1, 0.15) is 40.4 Å². The van der Waals surface area contributed by atoms with E-state index in [-0.39, 0.29) is 5.91 Å². The third-order valence-corrected chi connectivity index (χ3v) is 6.94. The van der Waals surface area contributed by atoms with Gasteiger partial charge in [-0.1, -0.05) is 12.1 Å². The van der Waals surface area contributed by atoms with E-state index in [1.54, 1.807) is 13.3 Å². The van der Waals surface area contributed by atoms with Crippen molar-refractivity contribution in [3.8, 4) is 5.75 Å². The molecule has 1 amide bonds. The molecule has 6 rings (SSSR count). The zero-order valence-corrected chi connectivity index (χ0v) is 16.5. The second-order valence-electron chi connectivity index (χ2n) is 8.38. The Hall–Kier alpha value is -2.40. The molecule has 2 aromatic rings. The molecule has 4 saturated heterocycles. The number of carbonyl (C=O) groups is 1. The number of amides is 1. The first kappa shape index (κ1) is 17.7. The van der Waals surface area contributed by atoms with Gasteiger partial charge in [0.05, 0.1) is 18.7 Å². The zero-order valence-electron chi connectivity index (χ0n) is 16.5. The van der Waals surface area contributed by atoms with E-state index in [9.17, 15) is 4.79 Å². The van der Waals surface area contributed by atoms with Crippen LogP contribution < -0.4 is 4.74 Å². The largest absolute Gasteiger partial charge is 0.497 e. The number of methoxy groups -OCH3 is 1. The van der Waals surface area contributed by atoms with Crippen molar-refractivity contribution in [2.24, 2.45) is 5.92 Å². The standard InChI is InChI=1S/C23H27N3O2/c1-15-6-7-18(13-24-15)23(27)26-14-20(17-4-3-5-19(12-17)28-2)22-21(26)16-8-10-25(22)11-9-16/h3-7,12-13,16,20-22H,8-11,14H2,1-2H3/t20-,21-,22-/m1/s1. The molecule has 5 heterocycles. The van der Waals surface area contributed by atoms with Gasteiger partial charge in [-0.25, -0.2) is 0 Å². The number of aromatic nitrogens is 1. The fourth-order valence-corrected chi connectivity index (χ4v) is 5.58. The van der Waals surface area contributed by atoms with Crippen LogP contribution in [0.25, 0.3) is 0 Å². The fourth-order valence-electron chi connectivity index (χ4n) is 5.58. The molecule has 0 N–H and O–H groups in total. The van der Waals surface area contributed by atoms with Gasteiger partial charge >= 0.3 is 0 Å². The molecule has 4 aliphatic rings. The Kier molecular flexibility index (Phi) is 4.35. The number of nitrogens with zero attached hydrogens (tertiary/aromatic N) is 3. The third-order valence-electron chi connectivity index (χ3n) is 6.94. The predicted molar refractivity (Wildman–Crippen MR) is 108 cm³/mol. The minimum Gasteiger partial charge on any atom is -0.497 e. The molecule has 4 fully saturated rings. The summed E-state index contributed by atoms with van der Waals surface area (Å²) < 4.78 is 5.46. The number of piperidine rings is 3. The normalized spacial score (nSPS) is 30.9. The van der Waals surface area contributed by atoms with Gasteiger partial charge in [0.1, 0.15) is 5.75 Å². The second-order valence-corrected chi connectivity index (χ2v) is 8.38. The van der Waals surface area contributed by atoms with E-state index < -0.39 is 0 Å². The number of hydrogen-bond donors (Lipinski definition) is 0. The lowest BCUT2D eigenvalue weighted by Crippen LogP contribution is -2.60. The van der Waals surface area contributed by atoms with Gasteiger partial charge in [-0.05, 0) is 68.6 Å². The maximum atomic E-state index is 13.4. The number of carbonyl (C=O) groups excluding carboxylic acids is 1. The minimum atomic E-state index is 0.127. The van der Waals surface area contributed by atoms with Crippen LogP contribution in [0.2, 0.25) is 0 Å². The Morgan fingerprint density at radius 1 is 1.14 bits per heavy atom. The van der Waals surface area contributed by atoms with Crippen molar-refractivity contribution < 1.29 is 9.53 Å². The molecule has 0 aliphatic carbocycles. The van der Waals surface area contributed by atoms with E-state index in [4.69, 9.17) is 4.74 Å². The van der Waals surface area contributed by atoms with E-state index in [1.807, 2.05) is 25.1 Å². The van der Waals surface area contributed by atoms with Crippen molar-refractivity contribution in [2.75, 3.05) is 26.7 Å².